The first-order valence-electron chi connectivity index (χ1n) is 8.13. The molecule has 0 aliphatic carbocycles. The second-order valence-corrected chi connectivity index (χ2v) is 6.19. The van der Waals surface area contributed by atoms with Crippen LogP contribution in [0.4, 0.5) is 5.69 Å². The third-order valence-electron chi connectivity index (χ3n) is 4.76. The van der Waals surface area contributed by atoms with Gasteiger partial charge in [-0.25, -0.2) is 4.90 Å². The zero-order valence-electron chi connectivity index (χ0n) is 13.3. The quantitative estimate of drug-likeness (QED) is 0.472. The van der Waals surface area contributed by atoms with E-state index in [0.29, 0.717) is 16.8 Å². The van der Waals surface area contributed by atoms with Crippen LogP contribution in [0.5, 0.6) is 0 Å². The van der Waals surface area contributed by atoms with Crippen LogP contribution < -0.4 is 4.90 Å². The van der Waals surface area contributed by atoms with Gasteiger partial charge in [0.2, 0.25) is 0 Å². The van der Waals surface area contributed by atoms with Gasteiger partial charge in [0.15, 0.2) is 0 Å². The molecule has 0 aromatic heterocycles. The minimum atomic E-state index is -0.274. The van der Waals surface area contributed by atoms with Crippen LogP contribution in [0.3, 0.4) is 0 Å². The van der Waals surface area contributed by atoms with Crippen molar-refractivity contribution in [1.82, 2.24) is 0 Å². The molecule has 0 N–H and O–H groups in total. The number of anilines is 1. The maximum absolute atomic E-state index is 13.1. The molecule has 0 fully saturated rings. The van der Waals surface area contributed by atoms with Crippen molar-refractivity contribution < 1.29 is 9.59 Å². The summed E-state index contributed by atoms with van der Waals surface area (Å²) in [7, 11) is 0. The number of benzene rings is 4. The number of carbonyl (C=O) groups is 2. The van der Waals surface area contributed by atoms with Gasteiger partial charge in [-0.05, 0) is 40.4 Å². The van der Waals surface area contributed by atoms with E-state index in [1.807, 2.05) is 66.7 Å². The van der Waals surface area contributed by atoms with Gasteiger partial charge in [0.1, 0.15) is 0 Å². The number of carbonyl (C=O) groups excluding carboxylic acids is 2. The Morgan fingerprint density at radius 1 is 0.560 bits per heavy atom. The van der Waals surface area contributed by atoms with E-state index >= 15 is 0 Å². The molecule has 5 rings (SSSR count). The average molecular weight is 323 g/mol. The number of amides is 2. The summed E-state index contributed by atoms with van der Waals surface area (Å²) < 4.78 is 0. The van der Waals surface area contributed by atoms with E-state index in [1.54, 1.807) is 12.1 Å². The Bertz CT molecular complexity index is 1140. The summed E-state index contributed by atoms with van der Waals surface area (Å²) >= 11 is 0. The van der Waals surface area contributed by atoms with Crippen molar-refractivity contribution in [3.8, 4) is 0 Å². The minimum absolute atomic E-state index is 0.274. The molecule has 0 saturated carbocycles. The number of nitrogens with zero attached hydrogens (tertiary/aromatic N) is 1. The molecule has 0 radical (unpaired) electrons. The molecule has 1 aliphatic heterocycles. The molecule has 3 nitrogen and oxygen atoms in total. The van der Waals surface area contributed by atoms with Crippen LogP contribution >= 0.6 is 0 Å². The summed E-state index contributed by atoms with van der Waals surface area (Å²) in [4.78, 5) is 27.4. The molecule has 2 amide bonds. The van der Waals surface area contributed by atoms with E-state index < -0.39 is 0 Å². The molecule has 1 heterocycles. The third-order valence-corrected chi connectivity index (χ3v) is 4.76. The monoisotopic (exact) mass is 323 g/mol. The summed E-state index contributed by atoms with van der Waals surface area (Å²) in [5.74, 6) is -0.547. The van der Waals surface area contributed by atoms with Gasteiger partial charge in [0, 0.05) is 16.5 Å². The molecule has 0 bridgehead atoms. The summed E-state index contributed by atoms with van der Waals surface area (Å²) in [6.45, 7) is 0. The van der Waals surface area contributed by atoms with Crippen LogP contribution in [-0.4, -0.2) is 11.8 Å². The molecule has 0 spiro atoms. The van der Waals surface area contributed by atoms with Gasteiger partial charge < -0.3 is 0 Å². The lowest BCUT2D eigenvalue weighted by Gasteiger charge is -2.27. The van der Waals surface area contributed by atoms with Crippen molar-refractivity contribution in [3.63, 3.8) is 0 Å². The lowest BCUT2D eigenvalue weighted by Crippen LogP contribution is -2.40. The van der Waals surface area contributed by atoms with Gasteiger partial charge in [-0.15, -0.1) is 0 Å². The van der Waals surface area contributed by atoms with Crippen molar-refractivity contribution in [1.29, 1.82) is 0 Å². The molecule has 0 saturated heterocycles. The highest BCUT2D eigenvalue weighted by molar-refractivity contribution is 6.35. The lowest BCUT2D eigenvalue weighted by molar-refractivity contribution is 0.0893. The summed E-state index contributed by atoms with van der Waals surface area (Å²) in [6, 6.07) is 24.7. The first-order chi connectivity index (χ1) is 12.2. The highest BCUT2D eigenvalue weighted by atomic mass is 16.2. The van der Waals surface area contributed by atoms with Gasteiger partial charge in [-0.3, -0.25) is 9.59 Å². The van der Waals surface area contributed by atoms with Crippen molar-refractivity contribution in [2.45, 2.75) is 0 Å². The fourth-order valence-corrected chi connectivity index (χ4v) is 3.58. The average Bonchev–Trinajstić information content (AvgIpc) is 2.66. The van der Waals surface area contributed by atoms with E-state index in [1.165, 1.54) is 4.90 Å². The summed E-state index contributed by atoms with van der Waals surface area (Å²) in [5.41, 5.74) is 1.74. The number of fused-ring (bicyclic) bond motifs is 1. The SMILES string of the molecule is O=C1c2cccc3cccc(c23)C(=O)N1c1ccc2ccccc2c1. The largest absolute Gasteiger partial charge is 0.268 e. The summed E-state index contributed by atoms with van der Waals surface area (Å²) in [5, 5.41) is 3.73. The molecule has 1 aliphatic rings. The number of hydrogen-bond donors (Lipinski definition) is 0. The van der Waals surface area contributed by atoms with E-state index in [-0.39, 0.29) is 11.8 Å². The molecule has 3 heteroatoms. The first kappa shape index (κ1) is 13.9. The third kappa shape index (κ3) is 1.93. The number of rotatable bonds is 1. The first-order valence-corrected chi connectivity index (χ1v) is 8.13. The van der Waals surface area contributed by atoms with Crippen LogP contribution in [-0.2, 0) is 0 Å². The molecule has 4 aromatic carbocycles. The van der Waals surface area contributed by atoms with Crippen molar-refractivity contribution in [2.75, 3.05) is 4.90 Å². The van der Waals surface area contributed by atoms with E-state index in [2.05, 4.69) is 0 Å². The normalized spacial score (nSPS) is 13.7. The maximum Gasteiger partial charge on any atom is 0.265 e. The van der Waals surface area contributed by atoms with Gasteiger partial charge in [0.25, 0.3) is 11.8 Å². The van der Waals surface area contributed by atoms with Crippen molar-refractivity contribution in [2.24, 2.45) is 0 Å². The smallest absolute Gasteiger partial charge is 0.265 e. The molecule has 4 aromatic rings. The Hall–Kier alpha value is -3.46. The van der Waals surface area contributed by atoms with Gasteiger partial charge in [0.05, 0.1) is 5.69 Å². The molecule has 0 unspecified atom stereocenters. The van der Waals surface area contributed by atoms with Crippen molar-refractivity contribution >= 4 is 39.0 Å². The Kier molecular flexibility index (Phi) is 2.80. The Labute approximate surface area is 144 Å². The van der Waals surface area contributed by atoms with Crippen molar-refractivity contribution in [3.05, 3.63) is 90.0 Å². The Morgan fingerprint density at radius 3 is 1.84 bits per heavy atom. The van der Waals surface area contributed by atoms with Crippen LogP contribution in [0.2, 0.25) is 0 Å². The topological polar surface area (TPSA) is 37.4 Å². The Balaban J connectivity index is 1.75. The predicted octanol–water partition coefficient (Wildman–Crippen LogP) is 4.79. The molecular formula is C22H13NO2. The van der Waals surface area contributed by atoms with Gasteiger partial charge in [-0.2, -0.15) is 0 Å². The Morgan fingerprint density at radius 2 is 1.16 bits per heavy atom. The highest BCUT2D eigenvalue weighted by Gasteiger charge is 2.33. The van der Waals surface area contributed by atoms with Gasteiger partial charge >= 0.3 is 0 Å². The van der Waals surface area contributed by atoms with Gasteiger partial charge in [-0.1, -0.05) is 54.6 Å². The zero-order chi connectivity index (χ0) is 17.0. The fraction of sp³-hybridized carbons (Fsp3) is 0. The standard InChI is InChI=1S/C22H13NO2/c24-21-18-9-3-7-15-8-4-10-19(20(15)18)22(25)23(21)17-12-11-14-5-1-2-6-16(14)13-17/h1-13H. The second-order valence-electron chi connectivity index (χ2n) is 6.19. The zero-order valence-corrected chi connectivity index (χ0v) is 13.3. The van der Waals surface area contributed by atoms with E-state index in [9.17, 15) is 9.59 Å². The molecule has 118 valence electrons. The lowest BCUT2D eigenvalue weighted by atomic mass is 9.93. The predicted molar refractivity (Wildman–Crippen MR) is 99.0 cm³/mol. The van der Waals surface area contributed by atoms with Crippen LogP contribution in [0.1, 0.15) is 20.7 Å². The molecule has 0 atom stereocenters. The van der Waals surface area contributed by atoms with E-state index in [0.717, 1.165) is 21.5 Å². The summed E-state index contributed by atoms with van der Waals surface area (Å²) in [6.07, 6.45) is 0. The molecule has 25 heavy (non-hydrogen) atoms. The fourth-order valence-electron chi connectivity index (χ4n) is 3.58. The van der Waals surface area contributed by atoms with E-state index in [4.69, 9.17) is 0 Å². The van der Waals surface area contributed by atoms with Crippen LogP contribution in [0, 0.1) is 0 Å². The second kappa shape index (κ2) is 5.02. The molecular weight excluding hydrogens is 310 g/mol. The van der Waals surface area contributed by atoms with Crippen LogP contribution in [0.15, 0.2) is 78.9 Å². The minimum Gasteiger partial charge on any atom is -0.268 e. The number of imide groups is 1. The van der Waals surface area contributed by atoms with Crippen LogP contribution in [0.25, 0.3) is 21.5 Å². The highest BCUT2D eigenvalue weighted by Crippen LogP contribution is 2.33. The number of hydrogen-bond acceptors (Lipinski definition) is 2. The maximum atomic E-state index is 13.1.